The van der Waals surface area contributed by atoms with E-state index in [-0.39, 0.29) is 11.7 Å². The van der Waals surface area contributed by atoms with Gasteiger partial charge in [0, 0.05) is 10.8 Å². The van der Waals surface area contributed by atoms with E-state index in [1.165, 1.54) is 28.7 Å². The number of hydrogen-bond acceptors (Lipinski definition) is 7. The van der Waals surface area contributed by atoms with Crippen molar-refractivity contribution in [3.8, 4) is 0 Å². The minimum atomic E-state index is -0.183. The summed E-state index contributed by atoms with van der Waals surface area (Å²) in [4.78, 5) is 12.0. The standard InChI is InChI=1S/C20H19ClN4OS3/c1-2-14-7-9-15(10-8-14)11-22-23-18(26)13-28-20-25-24-19(29-20)27-12-16-5-3-4-6-17(16)21/h3-11H,2,12-13H2,1H3,(H,23,26). The van der Waals surface area contributed by atoms with E-state index < -0.39 is 0 Å². The first kappa shape index (κ1) is 21.8. The Labute approximate surface area is 187 Å². The third kappa shape index (κ3) is 7.15. The molecule has 0 spiro atoms. The smallest absolute Gasteiger partial charge is 0.250 e. The Morgan fingerprint density at radius 2 is 1.86 bits per heavy atom. The SMILES string of the molecule is CCc1ccc(C=NNC(=O)CSc2nnc(SCc3ccccc3Cl)s2)cc1. The van der Waals surface area contributed by atoms with Crippen molar-refractivity contribution >= 4 is 58.6 Å². The zero-order valence-corrected chi connectivity index (χ0v) is 18.9. The average Bonchev–Trinajstić information content (AvgIpc) is 3.20. The summed E-state index contributed by atoms with van der Waals surface area (Å²) in [5, 5.41) is 13.0. The second kappa shape index (κ2) is 11.3. The lowest BCUT2D eigenvalue weighted by Gasteiger charge is -2.00. The number of aryl methyl sites for hydroxylation is 1. The molecular formula is C20H19ClN4OS3. The van der Waals surface area contributed by atoms with Crippen molar-refractivity contribution in [2.45, 2.75) is 27.8 Å². The van der Waals surface area contributed by atoms with Gasteiger partial charge in [0.1, 0.15) is 0 Å². The minimum absolute atomic E-state index is 0.183. The van der Waals surface area contributed by atoms with Gasteiger partial charge in [-0.25, -0.2) is 5.43 Å². The molecule has 0 aliphatic heterocycles. The molecule has 0 radical (unpaired) electrons. The number of aromatic nitrogens is 2. The van der Waals surface area contributed by atoms with Crippen LogP contribution >= 0.6 is 46.5 Å². The summed E-state index contributed by atoms with van der Waals surface area (Å²) in [5.41, 5.74) is 5.81. The molecule has 29 heavy (non-hydrogen) atoms. The normalized spacial score (nSPS) is 11.1. The summed E-state index contributed by atoms with van der Waals surface area (Å²) in [5.74, 6) is 0.778. The third-order valence-corrected chi connectivity index (χ3v) is 7.42. The topological polar surface area (TPSA) is 67.2 Å². The van der Waals surface area contributed by atoms with Crippen LogP contribution in [0.1, 0.15) is 23.6 Å². The van der Waals surface area contributed by atoms with Crippen LogP contribution in [0.2, 0.25) is 5.02 Å². The van der Waals surface area contributed by atoms with Gasteiger partial charge in [-0.1, -0.05) is 95.8 Å². The van der Waals surface area contributed by atoms with Crippen LogP contribution in [0.5, 0.6) is 0 Å². The lowest BCUT2D eigenvalue weighted by molar-refractivity contribution is -0.118. The quantitative estimate of drug-likeness (QED) is 0.266. The highest BCUT2D eigenvalue weighted by atomic mass is 35.5. The Morgan fingerprint density at radius 3 is 2.59 bits per heavy atom. The maximum Gasteiger partial charge on any atom is 0.250 e. The van der Waals surface area contributed by atoms with Crippen molar-refractivity contribution in [1.82, 2.24) is 15.6 Å². The van der Waals surface area contributed by atoms with Gasteiger partial charge >= 0.3 is 0 Å². The molecule has 1 amide bonds. The zero-order valence-electron chi connectivity index (χ0n) is 15.7. The summed E-state index contributed by atoms with van der Waals surface area (Å²) in [6.07, 6.45) is 2.63. The predicted molar refractivity (Wildman–Crippen MR) is 123 cm³/mol. The molecule has 5 nitrogen and oxygen atoms in total. The van der Waals surface area contributed by atoms with Crippen LogP contribution in [-0.4, -0.2) is 28.1 Å². The van der Waals surface area contributed by atoms with Crippen LogP contribution in [0.4, 0.5) is 0 Å². The molecule has 0 aliphatic carbocycles. The highest BCUT2D eigenvalue weighted by Crippen LogP contribution is 2.32. The van der Waals surface area contributed by atoms with Gasteiger partial charge in [-0.15, -0.1) is 10.2 Å². The van der Waals surface area contributed by atoms with E-state index in [1.807, 2.05) is 36.4 Å². The molecule has 1 N–H and O–H groups in total. The van der Waals surface area contributed by atoms with E-state index in [2.05, 4.69) is 39.8 Å². The Kier molecular flexibility index (Phi) is 8.54. The molecule has 1 aromatic heterocycles. The summed E-state index contributed by atoms with van der Waals surface area (Å²) >= 11 is 10.6. The third-order valence-electron chi connectivity index (χ3n) is 3.81. The minimum Gasteiger partial charge on any atom is -0.272 e. The van der Waals surface area contributed by atoms with Crippen LogP contribution in [0.3, 0.4) is 0 Å². The molecule has 0 saturated carbocycles. The van der Waals surface area contributed by atoms with Crippen LogP contribution in [0.15, 0.2) is 62.3 Å². The number of benzene rings is 2. The monoisotopic (exact) mass is 462 g/mol. The van der Waals surface area contributed by atoms with Crippen LogP contribution < -0.4 is 5.43 Å². The number of thioether (sulfide) groups is 2. The van der Waals surface area contributed by atoms with Crippen molar-refractivity contribution in [2.75, 3.05) is 5.75 Å². The first-order valence-corrected chi connectivity index (χ1v) is 12.0. The maximum atomic E-state index is 12.0. The van der Waals surface area contributed by atoms with E-state index in [9.17, 15) is 4.79 Å². The van der Waals surface area contributed by atoms with Crippen molar-refractivity contribution in [1.29, 1.82) is 0 Å². The Hall–Kier alpha value is -1.87. The predicted octanol–water partition coefficient (Wildman–Crippen LogP) is 5.29. The Morgan fingerprint density at radius 1 is 1.14 bits per heavy atom. The van der Waals surface area contributed by atoms with E-state index in [0.29, 0.717) is 0 Å². The fourth-order valence-corrected chi connectivity index (χ4v) is 5.34. The highest BCUT2D eigenvalue weighted by molar-refractivity contribution is 8.03. The molecule has 0 saturated heterocycles. The molecule has 0 atom stereocenters. The largest absolute Gasteiger partial charge is 0.272 e. The fraction of sp³-hybridized carbons (Fsp3) is 0.200. The van der Waals surface area contributed by atoms with Gasteiger partial charge in [-0.3, -0.25) is 4.79 Å². The molecule has 0 fully saturated rings. The highest BCUT2D eigenvalue weighted by Gasteiger charge is 2.09. The van der Waals surface area contributed by atoms with Gasteiger partial charge in [0.15, 0.2) is 8.68 Å². The van der Waals surface area contributed by atoms with Gasteiger partial charge < -0.3 is 0 Å². The zero-order chi connectivity index (χ0) is 20.5. The average molecular weight is 463 g/mol. The molecule has 0 bridgehead atoms. The molecule has 2 aromatic carbocycles. The molecule has 1 heterocycles. The van der Waals surface area contributed by atoms with Crippen molar-refractivity contribution < 1.29 is 4.79 Å². The van der Waals surface area contributed by atoms with Gasteiger partial charge in [0.05, 0.1) is 12.0 Å². The van der Waals surface area contributed by atoms with E-state index >= 15 is 0 Å². The number of amides is 1. The van der Waals surface area contributed by atoms with Crippen LogP contribution in [0.25, 0.3) is 0 Å². The second-order valence-corrected chi connectivity index (χ2v) is 9.72. The Balaban J connectivity index is 1.41. The summed E-state index contributed by atoms with van der Waals surface area (Å²) in [7, 11) is 0. The number of nitrogens with one attached hydrogen (secondary N) is 1. The van der Waals surface area contributed by atoms with Crippen LogP contribution in [-0.2, 0) is 17.0 Å². The molecule has 0 aliphatic rings. The summed E-state index contributed by atoms with van der Waals surface area (Å²) in [6.45, 7) is 2.11. The first-order chi connectivity index (χ1) is 14.1. The number of rotatable bonds is 9. The Bertz CT molecular complexity index is 976. The number of halogens is 1. The van der Waals surface area contributed by atoms with Gasteiger partial charge in [0.25, 0.3) is 5.91 Å². The van der Waals surface area contributed by atoms with Gasteiger partial charge in [-0.2, -0.15) is 5.10 Å². The molecule has 0 unspecified atom stereocenters. The van der Waals surface area contributed by atoms with E-state index in [0.717, 1.165) is 37.0 Å². The van der Waals surface area contributed by atoms with Crippen LogP contribution in [0, 0.1) is 0 Å². The number of nitrogens with zero attached hydrogens (tertiary/aromatic N) is 3. The van der Waals surface area contributed by atoms with Crippen molar-refractivity contribution in [3.05, 3.63) is 70.2 Å². The fourth-order valence-electron chi connectivity index (χ4n) is 2.25. The number of carbonyl (C=O) groups is 1. The lowest BCUT2D eigenvalue weighted by atomic mass is 10.1. The van der Waals surface area contributed by atoms with Crippen molar-refractivity contribution in [2.24, 2.45) is 5.10 Å². The molecule has 150 valence electrons. The van der Waals surface area contributed by atoms with E-state index in [4.69, 9.17) is 11.6 Å². The first-order valence-electron chi connectivity index (χ1n) is 8.87. The van der Waals surface area contributed by atoms with Gasteiger partial charge in [0.2, 0.25) is 0 Å². The molecular weight excluding hydrogens is 444 g/mol. The number of hydrazone groups is 1. The summed E-state index contributed by atoms with van der Waals surface area (Å²) < 4.78 is 1.60. The van der Waals surface area contributed by atoms with E-state index in [1.54, 1.807) is 18.0 Å². The number of carbonyl (C=O) groups excluding carboxylic acids is 1. The van der Waals surface area contributed by atoms with Gasteiger partial charge in [-0.05, 0) is 29.2 Å². The molecule has 3 rings (SSSR count). The lowest BCUT2D eigenvalue weighted by Crippen LogP contribution is -2.19. The second-order valence-electron chi connectivity index (χ2n) is 5.89. The molecule has 3 aromatic rings. The summed E-state index contributed by atoms with van der Waals surface area (Å²) in [6, 6.07) is 15.8. The van der Waals surface area contributed by atoms with Crippen molar-refractivity contribution in [3.63, 3.8) is 0 Å². The maximum absolute atomic E-state index is 12.0. The molecule has 9 heteroatoms. The number of hydrogen-bond donors (Lipinski definition) is 1.